The summed E-state index contributed by atoms with van der Waals surface area (Å²) in [6, 6.07) is 3.53. The first kappa shape index (κ1) is 15.0. The van der Waals surface area contributed by atoms with Crippen molar-refractivity contribution in [1.82, 2.24) is 5.32 Å². The summed E-state index contributed by atoms with van der Waals surface area (Å²) in [6.07, 6.45) is 0. The molecule has 19 heavy (non-hydrogen) atoms. The molecule has 0 aromatic heterocycles. The minimum absolute atomic E-state index is 0.146. The number of carbonyl (C=O) groups is 2. The van der Waals surface area contributed by atoms with Gasteiger partial charge >= 0.3 is 0 Å². The van der Waals surface area contributed by atoms with E-state index in [1.54, 1.807) is 6.07 Å². The molecular formula is C13H19N3O3. The Morgan fingerprint density at radius 1 is 1.26 bits per heavy atom. The topological polar surface area (TPSA) is 107 Å². The van der Waals surface area contributed by atoms with Gasteiger partial charge in [-0.2, -0.15) is 0 Å². The van der Waals surface area contributed by atoms with Gasteiger partial charge in [-0.3, -0.25) is 9.59 Å². The fraction of sp³-hybridized carbons (Fsp3) is 0.385. The van der Waals surface area contributed by atoms with Gasteiger partial charge in [0.1, 0.15) is 6.61 Å². The van der Waals surface area contributed by atoms with Crippen molar-refractivity contribution >= 4 is 17.5 Å². The largest absolute Gasteiger partial charge is 0.398 e. The molecule has 0 aliphatic heterocycles. The van der Waals surface area contributed by atoms with Crippen LogP contribution < -0.4 is 16.8 Å². The molecule has 0 saturated carbocycles. The zero-order valence-electron chi connectivity index (χ0n) is 11.2. The maximum atomic E-state index is 11.9. The summed E-state index contributed by atoms with van der Waals surface area (Å²) in [6.45, 7) is 4.13. The molecule has 0 spiro atoms. The molecule has 0 aliphatic rings. The fourth-order valence-electron chi connectivity index (χ4n) is 1.62. The van der Waals surface area contributed by atoms with E-state index in [-0.39, 0.29) is 19.1 Å². The quantitative estimate of drug-likeness (QED) is 0.501. The molecule has 104 valence electrons. The van der Waals surface area contributed by atoms with Crippen LogP contribution in [-0.4, -0.2) is 31.6 Å². The van der Waals surface area contributed by atoms with Crippen molar-refractivity contribution in [3.05, 3.63) is 28.8 Å². The van der Waals surface area contributed by atoms with Crippen molar-refractivity contribution in [2.75, 3.05) is 25.5 Å². The average Bonchev–Trinajstić information content (AvgIpc) is 2.32. The highest BCUT2D eigenvalue weighted by atomic mass is 16.5. The summed E-state index contributed by atoms with van der Waals surface area (Å²) in [7, 11) is 0. The Morgan fingerprint density at radius 3 is 2.58 bits per heavy atom. The van der Waals surface area contributed by atoms with Gasteiger partial charge in [0.05, 0.1) is 6.61 Å². The predicted molar refractivity (Wildman–Crippen MR) is 72.7 cm³/mol. The van der Waals surface area contributed by atoms with Crippen LogP contribution in [0.15, 0.2) is 12.1 Å². The third kappa shape index (κ3) is 4.59. The Morgan fingerprint density at radius 2 is 1.95 bits per heavy atom. The van der Waals surface area contributed by atoms with Crippen LogP contribution in [0.3, 0.4) is 0 Å². The number of hydrogen-bond acceptors (Lipinski definition) is 4. The molecule has 0 heterocycles. The maximum absolute atomic E-state index is 11.9. The van der Waals surface area contributed by atoms with Crippen LogP contribution in [0.25, 0.3) is 0 Å². The van der Waals surface area contributed by atoms with E-state index in [2.05, 4.69) is 5.32 Å². The second-order valence-corrected chi connectivity index (χ2v) is 4.30. The molecule has 0 aliphatic carbocycles. The lowest BCUT2D eigenvalue weighted by molar-refractivity contribution is -0.122. The molecule has 0 saturated heterocycles. The third-order valence-corrected chi connectivity index (χ3v) is 2.63. The lowest BCUT2D eigenvalue weighted by Gasteiger charge is -2.10. The molecular weight excluding hydrogens is 246 g/mol. The van der Waals surface area contributed by atoms with Crippen LogP contribution in [0.4, 0.5) is 5.69 Å². The van der Waals surface area contributed by atoms with E-state index >= 15 is 0 Å². The van der Waals surface area contributed by atoms with E-state index in [0.717, 1.165) is 11.1 Å². The number of hydrogen-bond donors (Lipinski definition) is 3. The Balaban J connectivity index is 2.50. The molecule has 0 fully saturated rings. The van der Waals surface area contributed by atoms with Crippen molar-refractivity contribution < 1.29 is 14.3 Å². The van der Waals surface area contributed by atoms with E-state index in [1.165, 1.54) is 0 Å². The molecule has 5 N–H and O–H groups in total. The number of nitrogens with one attached hydrogen (secondary N) is 1. The van der Waals surface area contributed by atoms with E-state index in [9.17, 15) is 9.59 Å². The van der Waals surface area contributed by atoms with Crippen LogP contribution in [0.5, 0.6) is 0 Å². The van der Waals surface area contributed by atoms with Crippen molar-refractivity contribution in [3.63, 3.8) is 0 Å². The summed E-state index contributed by atoms with van der Waals surface area (Å²) in [5.74, 6) is -0.750. The Labute approximate surface area is 112 Å². The number of anilines is 1. The van der Waals surface area contributed by atoms with Gasteiger partial charge < -0.3 is 21.5 Å². The van der Waals surface area contributed by atoms with E-state index < -0.39 is 5.91 Å². The van der Waals surface area contributed by atoms with Crippen molar-refractivity contribution in [2.24, 2.45) is 5.73 Å². The standard InChI is InChI=1S/C13H19N3O3/c1-8-5-9(2)11(14)6-10(8)13(18)16-3-4-19-7-12(15)17/h5-6H,3-4,7,14H2,1-2H3,(H2,15,17)(H,16,18). The van der Waals surface area contributed by atoms with E-state index in [1.807, 2.05) is 19.9 Å². The molecule has 0 unspecified atom stereocenters. The summed E-state index contributed by atoms with van der Waals surface area (Å²) < 4.78 is 4.94. The van der Waals surface area contributed by atoms with Gasteiger partial charge in [0.2, 0.25) is 5.91 Å². The Hall–Kier alpha value is -2.08. The number of aryl methyl sites for hydroxylation is 2. The van der Waals surface area contributed by atoms with Gasteiger partial charge in [-0.15, -0.1) is 0 Å². The summed E-state index contributed by atoms with van der Waals surface area (Å²) in [4.78, 5) is 22.3. The molecule has 0 radical (unpaired) electrons. The summed E-state index contributed by atoms with van der Waals surface area (Å²) in [5, 5.41) is 2.69. The number of primary amides is 1. The third-order valence-electron chi connectivity index (χ3n) is 2.63. The van der Waals surface area contributed by atoms with Gasteiger partial charge in [-0.1, -0.05) is 6.07 Å². The monoisotopic (exact) mass is 265 g/mol. The van der Waals surface area contributed by atoms with Crippen LogP contribution in [0, 0.1) is 13.8 Å². The molecule has 1 aromatic carbocycles. The number of ether oxygens (including phenoxy) is 1. The summed E-state index contributed by atoms with van der Waals surface area (Å²) in [5.41, 5.74) is 13.6. The minimum Gasteiger partial charge on any atom is -0.398 e. The first-order valence-electron chi connectivity index (χ1n) is 5.92. The normalized spacial score (nSPS) is 10.2. The van der Waals surface area contributed by atoms with Gasteiger partial charge in [-0.25, -0.2) is 0 Å². The smallest absolute Gasteiger partial charge is 0.251 e. The van der Waals surface area contributed by atoms with Gasteiger partial charge in [0.25, 0.3) is 5.91 Å². The number of benzene rings is 1. The number of nitrogen functional groups attached to an aromatic ring is 1. The van der Waals surface area contributed by atoms with Crippen LogP contribution in [0.1, 0.15) is 21.5 Å². The number of carbonyl (C=O) groups excluding carboxylic acids is 2. The lowest BCUT2D eigenvalue weighted by atomic mass is 10.0. The number of rotatable bonds is 6. The first-order chi connectivity index (χ1) is 8.91. The van der Waals surface area contributed by atoms with Crippen LogP contribution in [-0.2, 0) is 9.53 Å². The van der Waals surface area contributed by atoms with Crippen molar-refractivity contribution in [1.29, 1.82) is 0 Å². The van der Waals surface area contributed by atoms with Crippen molar-refractivity contribution in [3.8, 4) is 0 Å². The average molecular weight is 265 g/mol. The number of amides is 2. The molecule has 1 rings (SSSR count). The fourth-order valence-corrected chi connectivity index (χ4v) is 1.62. The highest BCUT2D eigenvalue weighted by Gasteiger charge is 2.10. The predicted octanol–water partition coefficient (Wildman–Crippen LogP) is 0.117. The first-order valence-corrected chi connectivity index (χ1v) is 5.92. The second-order valence-electron chi connectivity index (χ2n) is 4.30. The second kappa shape index (κ2) is 6.75. The van der Waals surface area contributed by atoms with E-state index in [4.69, 9.17) is 16.2 Å². The van der Waals surface area contributed by atoms with E-state index in [0.29, 0.717) is 17.8 Å². The molecule has 6 nitrogen and oxygen atoms in total. The van der Waals surface area contributed by atoms with Crippen molar-refractivity contribution in [2.45, 2.75) is 13.8 Å². The molecule has 6 heteroatoms. The number of nitrogens with two attached hydrogens (primary N) is 2. The highest BCUT2D eigenvalue weighted by Crippen LogP contribution is 2.17. The molecule has 0 bridgehead atoms. The Bertz CT molecular complexity index is 486. The lowest BCUT2D eigenvalue weighted by Crippen LogP contribution is -2.29. The SMILES string of the molecule is Cc1cc(C)c(C(=O)NCCOCC(N)=O)cc1N. The van der Waals surface area contributed by atoms with Gasteiger partial charge in [0, 0.05) is 17.8 Å². The molecule has 0 atom stereocenters. The van der Waals surface area contributed by atoms with Crippen LogP contribution in [0.2, 0.25) is 0 Å². The molecule has 1 aromatic rings. The Kier molecular flexibility index (Phi) is 5.32. The maximum Gasteiger partial charge on any atom is 0.251 e. The van der Waals surface area contributed by atoms with Gasteiger partial charge in [-0.05, 0) is 31.0 Å². The van der Waals surface area contributed by atoms with Crippen LogP contribution >= 0.6 is 0 Å². The minimum atomic E-state index is -0.534. The summed E-state index contributed by atoms with van der Waals surface area (Å²) >= 11 is 0. The zero-order valence-corrected chi connectivity index (χ0v) is 11.2. The van der Waals surface area contributed by atoms with Gasteiger partial charge in [0.15, 0.2) is 0 Å². The molecule has 2 amide bonds. The highest BCUT2D eigenvalue weighted by molar-refractivity contribution is 5.96. The zero-order chi connectivity index (χ0) is 14.4.